The fourth-order valence-corrected chi connectivity index (χ4v) is 7.70. The minimum atomic E-state index is -1.41. The normalized spacial score (nSPS) is 28.5. The molecule has 0 bridgehead atoms. The van der Waals surface area contributed by atoms with Crippen LogP contribution in [0.2, 0.25) is 0 Å². The van der Waals surface area contributed by atoms with Crippen LogP contribution in [0.1, 0.15) is 46.3 Å². The van der Waals surface area contributed by atoms with Gasteiger partial charge in [0.1, 0.15) is 17.7 Å². The average Bonchev–Trinajstić information content (AvgIpc) is 3.59. The first-order valence-electron chi connectivity index (χ1n) is 14.3. The van der Waals surface area contributed by atoms with Crippen LogP contribution >= 0.6 is 0 Å². The number of hydrogen-bond donors (Lipinski definition) is 1. The van der Waals surface area contributed by atoms with Crippen LogP contribution in [-0.2, 0) is 26.5 Å². The van der Waals surface area contributed by atoms with Crippen molar-refractivity contribution in [1.29, 1.82) is 0 Å². The van der Waals surface area contributed by atoms with Crippen molar-refractivity contribution in [3.05, 3.63) is 125 Å². The minimum absolute atomic E-state index is 0.130. The highest BCUT2D eigenvalue weighted by Gasteiger charge is 2.77. The summed E-state index contributed by atoms with van der Waals surface area (Å²) in [5.41, 5.74) is 2.96. The summed E-state index contributed by atoms with van der Waals surface area (Å²) in [7, 11) is 1.60. The van der Waals surface area contributed by atoms with Crippen molar-refractivity contribution in [2.75, 3.05) is 12.0 Å². The zero-order chi connectivity index (χ0) is 28.6. The minimum Gasteiger partial charge on any atom is -0.493 e. The van der Waals surface area contributed by atoms with Gasteiger partial charge in [-0.1, -0.05) is 90.5 Å². The highest BCUT2D eigenvalue weighted by molar-refractivity contribution is 6.08. The number of carbonyl (C=O) groups excluding carboxylic acids is 2. The monoisotopic (exact) mass is 558 g/mol. The number of amides is 2. The second-order valence-electron chi connectivity index (χ2n) is 11.6. The molecule has 210 valence electrons. The Morgan fingerprint density at radius 1 is 0.929 bits per heavy atom. The van der Waals surface area contributed by atoms with Crippen molar-refractivity contribution in [3.63, 3.8) is 0 Å². The van der Waals surface area contributed by atoms with Crippen LogP contribution in [0.3, 0.4) is 0 Å². The van der Waals surface area contributed by atoms with Gasteiger partial charge < -0.3 is 24.4 Å². The lowest BCUT2D eigenvalue weighted by Crippen LogP contribution is -2.60. The van der Waals surface area contributed by atoms with E-state index in [0.717, 1.165) is 33.5 Å². The summed E-state index contributed by atoms with van der Waals surface area (Å²) in [5.74, 6) is 0.281. The van der Waals surface area contributed by atoms with E-state index >= 15 is 4.79 Å². The Labute approximate surface area is 244 Å². The molecule has 4 aromatic carbocycles. The van der Waals surface area contributed by atoms with Gasteiger partial charge >= 0.3 is 0 Å². The quantitative estimate of drug-likeness (QED) is 0.367. The zero-order valence-corrected chi connectivity index (χ0v) is 23.4. The number of rotatable bonds is 4. The molecule has 0 unspecified atom stereocenters. The number of aryl methyl sites for hydroxylation is 1. The van der Waals surface area contributed by atoms with Gasteiger partial charge in [-0.3, -0.25) is 9.59 Å². The first-order valence-corrected chi connectivity index (χ1v) is 14.3. The lowest BCUT2D eigenvalue weighted by molar-refractivity contribution is -0.144. The molecule has 0 radical (unpaired) electrons. The van der Waals surface area contributed by atoms with Gasteiger partial charge in [-0.2, -0.15) is 0 Å². The van der Waals surface area contributed by atoms with Gasteiger partial charge in [0, 0.05) is 11.1 Å². The van der Waals surface area contributed by atoms with Crippen LogP contribution in [0.4, 0.5) is 5.69 Å². The van der Waals surface area contributed by atoms with E-state index < -0.39 is 29.3 Å². The van der Waals surface area contributed by atoms with E-state index in [9.17, 15) is 4.79 Å². The number of hydrogen-bond acceptors (Lipinski definition) is 5. The van der Waals surface area contributed by atoms with Crippen molar-refractivity contribution in [1.82, 2.24) is 5.32 Å². The Kier molecular flexibility index (Phi) is 5.35. The van der Waals surface area contributed by atoms with Crippen molar-refractivity contribution >= 4 is 17.5 Å². The number of benzene rings is 4. The van der Waals surface area contributed by atoms with Gasteiger partial charge in [0.05, 0.1) is 31.7 Å². The molecule has 4 aliphatic heterocycles. The van der Waals surface area contributed by atoms with Crippen LogP contribution in [0.5, 0.6) is 11.5 Å². The van der Waals surface area contributed by atoms with Gasteiger partial charge in [-0.05, 0) is 30.2 Å². The number of ether oxygens (including phenoxy) is 3. The van der Waals surface area contributed by atoms with Gasteiger partial charge in [0.2, 0.25) is 5.91 Å². The van der Waals surface area contributed by atoms with E-state index in [2.05, 4.69) is 17.4 Å². The molecule has 2 spiro atoms. The van der Waals surface area contributed by atoms with E-state index in [1.807, 2.05) is 96.8 Å². The molecule has 1 N–H and O–H groups in total. The third-order valence-electron chi connectivity index (χ3n) is 9.41. The zero-order valence-electron chi connectivity index (χ0n) is 23.4. The molecule has 2 fully saturated rings. The van der Waals surface area contributed by atoms with E-state index in [0.29, 0.717) is 18.0 Å². The molecule has 0 aromatic heterocycles. The van der Waals surface area contributed by atoms with Crippen molar-refractivity contribution in [2.24, 2.45) is 0 Å². The summed E-state index contributed by atoms with van der Waals surface area (Å²) < 4.78 is 19.6. The molecule has 5 atom stereocenters. The van der Waals surface area contributed by atoms with Crippen LogP contribution in [0.25, 0.3) is 0 Å². The predicted molar refractivity (Wildman–Crippen MR) is 156 cm³/mol. The van der Waals surface area contributed by atoms with Crippen molar-refractivity contribution in [3.8, 4) is 11.5 Å². The summed E-state index contributed by atoms with van der Waals surface area (Å²) in [6.07, 6.45) is -1.08. The first kappa shape index (κ1) is 25.1. The topological polar surface area (TPSA) is 77.1 Å². The Morgan fingerprint density at radius 2 is 1.69 bits per heavy atom. The van der Waals surface area contributed by atoms with Crippen LogP contribution in [-0.4, -0.2) is 30.6 Å². The number of para-hydroxylation sites is 2. The molecular formula is C35H30N2O5. The lowest BCUT2D eigenvalue weighted by Gasteiger charge is -2.44. The van der Waals surface area contributed by atoms with Crippen LogP contribution in [0.15, 0.2) is 97.1 Å². The number of nitrogens with zero attached hydrogens (tertiary/aromatic N) is 1. The van der Waals surface area contributed by atoms with E-state index in [4.69, 9.17) is 14.2 Å². The maximum Gasteiger partial charge on any atom is 0.265 e. The predicted octanol–water partition coefficient (Wildman–Crippen LogP) is 5.32. The second-order valence-corrected chi connectivity index (χ2v) is 11.6. The standard InChI is InChI=1S/C35H30N2O5/c1-21-15-17-23(18-16-21)31-34-28(19-29(38)36-34)41-30-24(11-8-14-27(30)40-2)32(34)42-35(31)25-12-6-7-13-26(25)37(33(35)39)20-22-9-4-3-5-10-22/h3-18,28,31-32H,19-20H2,1-2H3,(H,36,38)/t28-,31+,32+,34-,35-/m1/s1. The van der Waals surface area contributed by atoms with Gasteiger partial charge in [0.25, 0.3) is 5.91 Å². The average molecular weight is 559 g/mol. The molecule has 4 heterocycles. The summed E-state index contributed by atoms with van der Waals surface area (Å²) in [5, 5.41) is 3.34. The summed E-state index contributed by atoms with van der Waals surface area (Å²) in [4.78, 5) is 30.3. The SMILES string of the molecule is COc1cccc2c1O[C@@H]1CC(=O)N[C@]13[C@H]2O[C@@]1(C(=O)N(Cc2ccccc2)c2ccccc21)[C@H]3c1ccc(C)cc1. The summed E-state index contributed by atoms with van der Waals surface area (Å²) in [6.45, 7) is 2.44. The number of carbonyl (C=O) groups is 2. The fourth-order valence-electron chi connectivity index (χ4n) is 7.70. The van der Waals surface area contributed by atoms with E-state index in [1.165, 1.54) is 0 Å². The van der Waals surface area contributed by atoms with Crippen LogP contribution in [0, 0.1) is 6.92 Å². The number of methoxy groups -OCH3 is 1. The summed E-state index contributed by atoms with van der Waals surface area (Å²) >= 11 is 0. The Hall–Kier alpha value is -4.62. The first-order chi connectivity index (χ1) is 20.5. The van der Waals surface area contributed by atoms with Crippen molar-refractivity contribution < 1.29 is 23.8 Å². The highest BCUT2D eigenvalue weighted by Crippen LogP contribution is 2.69. The number of fused-ring (bicyclic) bond motifs is 4. The maximum absolute atomic E-state index is 15.1. The second kappa shape index (κ2) is 8.94. The molecular weight excluding hydrogens is 528 g/mol. The molecule has 2 amide bonds. The van der Waals surface area contributed by atoms with Gasteiger partial charge in [-0.25, -0.2) is 0 Å². The number of anilines is 1. The maximum atomic E-state index is 15.1. The third kappa shape index (κ3) is 3.20. The van der Waals surface area contributed by atoms with Gasteiger partial charge in [0.15, 0.2) is 17.1 Å². The molecule has 0 aliphatic carbocycles. The van der Waals surface area contributed by atoms with E-state index in [-0.39, 0.29) is 18.2 Å². The molecule has 8 rings (SSSR count). The van der Waals surface area contributed by atoms with Crippen LogP contribution < -0.4 is 19.7 Å². The molecule has 0 saturated carbocycles. The molecule has 4 aromatic rings. The molecule has 42 heavy (non-hydrogen) atoms. The highest BCUT2D eigenvalue weighted by atomic mass is 16.6. The smallest absolute Gasteiger partial charge is 0.265 e. The Morgan fingerprint density at radius 3 is 2.48 bits per heavy atom. The molecule has 4 aliphatic rings. The Bertz CT molecular complexity index is 1740. The van der Waals surface area contributed by atoms with E-state index in [1.54, 1.807) is 7.11 Å². The molecule has 7 heteroatoms. The third-order valence-corrected chi connectivity index (χ3v) is 9.41. The summed E-state index contributed by atoms with van der Waals surface area (Å²) in [6, 6.07) is 31.7. The number of nitrogens with one attached hydrogen (secondary N) is 1. The Balaban J connectivity index is 1.40. The largest absolute Gasteiger partial charge is 0.493 e. The van der Waals surface area contributed by atoms with Gasteiger partial charge in [-0.15, -0.1) is 0 Å². The fraction of sp³-hybridized carbons (Fsp3) is 0.257. The van der Waals surface area contributed by atoms with Crippen molar-refractivity contribution in [2.45, 2.75) is 49.2 Å². The molecule has 2 saturated heterocycles. The lowest BCUT2D eigenvalue weighted by atomic mass is 9.64. The molecule has 7 nitrogen and oxygen atoms in total.